The van der Waals surface area contributed by atoms with Gasteiger partial charge < -0.3 is 20.8 Å². The third-order valence-electron chi connectivity index (χ3n) is 2.65. The van der Waals surface area contributed by atoms with Crippen LogP contribution in [0.2, 0.25) is 0 Å². The van der Waals surface area contributed by atoms with E-state index >= 15 is 0 Å². The number of carbonyl (C=O) groups excluding carboxylic acids is 1. The summed E-state index contributed by atoms with van der Waals surface area (Å²) in [4.78, 5) is 33.1. The molecule has 1 aromatic rings. The number of nitrogens with zero attached hydrogens (tertiary/aromatic N) is 2. The van der Waals surface area contributed by atoms with Crippen molar-refractivity contribution in [3.05, 3.63) is 18.5 Å². The van der Waals surface area contributed by atoms with Gasteiger partial charge in [-0.3, -0.25) is 9.48 Å². The Morgan fingerprint density at radius 1 is 1.29 bits per heavy atom. The quantitative estimate of drug-likeness (QED) is 0.529. The number of hydrogen-bond acceptors (Lipinski definition) is 4. The molecular formula is C12H18N4O5. The Balaban J connectivity index is 2.42. The summed E-state index contributed by atoms with van der Waals surface area (Å²) in [6.07, 6.45) is 2.84. The second-order valence-electron chi connectivity index (χ2n) is 4.57. The lowest BCUT2D eigenvalue weighted by Crippen LogP contribution is -2.49. The molecule has 21 heavy (non-hydrogen) atoms. The Kier molecular flexibility index (Phi) is 6.18. The van der Waals surface area contributed by atoms with Gasteiger partial charge in [0.2, 0.25) is 0 Å². The highest BCUT2D eigenvalue weighted by atomic mass is 16.4. The van der Waals surface area contributed by atoms with Gasteiger partial charge in [0.15, 0.2) is 0 Å². The minimum atomic E-state index is -1.27. The Morgan fingerprint density at radius 3 is 2.52 bits per heavy atom. The zero-order valence-electron chi connectivity index (χ0n) is 11.5. The number of hydrogen-bond donors (Lipinski definition) is 4. The summed E-state index contributed by atoms with van der Waals surface area (Å²) in [7, 11) is 0. The predicted molar refractivity (Wildman–Crippen MR) is 71.7 cm³/mol. The minimum absolute atomic E-state index is 0.175. The van der Waals surface area contributed by atoms with E-state index in [0.717, 1.165) is 0 Å². The van der Waals surface area contributed by atoms with Gasteiger partial charge in [0.25, 0.3) is 0 Å². The van der Waals surface area contributed by atoms with Gasteiger partial charge in [0.05, 0.1) is 6.54 Å². The molecule has 2 unspecified atom stereocenters. The fraction of sp³-hybridized carbons (Fsp3) is 0.500. The monoisotopic (exact) mass is 298 g/mol. The van der Waals surface area contributed by atoms with Crippen LogP contribution < -0.4 is 10.6 Å². The molecule has 4 N–H and O–H groups in total. The van der Waals surface area contributed by atoms with Gasteiger partial charge in [0, 0.05) is 24.9 Å². The van der Waals surface area contributed by atoms with E-state index in [4.69, 9.17) is 10.2 Å². The molecule has 0 radical (unpaired) electrons. The van der Waals surface area contributed by atoms with Gasteiger partial charge in [-0.05, 0) is 19.4 Å². The SMILES string of the molecule is CC(Cn1cccn1)NC(=O)NC(CCC(=O)O)C(=O)O. The van der Waals surface area contributed by atoms with Crippen molar-refractivity contribution in [3.63, 3.8) is 0 Å². The molecule has 1 heterocycles. The summed E-state index contributed by atoms with van der Waals surface area (Å²) in [6, 6.07) is -0.414. The third kappa shape index (κ3) is 6.41. The van der Waals surface area contributed by atoms with Crippen molar-refractivity contribution in [1.29, 1.82) is 0 Å². The fourth-order valence-corrected chi connectivity index (χ4v) is 1.68. The number of carboxylic acid groups (broad SMARTS) is 2. The first-order valence-corrected chi connectivity index (χ1v) is 6.37. The summed E-state index contributed by atoms with van der Waals surface area (Å²) in [5.74, 6) is -2.39. The maximum atomic E-state index is 11.7. The van der Waals surface area contributed by atoms with Crippen LogP contribution in [0.4, 0.5) is 4.79 Å². The molecule has 0 aliphatic heterocycles. The van der Waals surface area contributed by atoms with Crippen LogP contribution in [0.15, 0.2) is 18.5 Å². The molecule has 0 aromatic carbocycles. The number of carboxylic acids is 2. The standard InChI is InChI=1S/C12H18N4O5/c1-8(7-16-6-2-5-13-16)14-12(21)15-9(11(19)20)3-4-10(17)18/h2,5-6,8-9H,3-4,7H2,1H3,(H,17,18)(H,19,20)(H2,14,15,21). The highest BCUT2D eigenvalue weighted by Crippen LogP contribution is 1.98. The van der Waals surface area contributed by atoms with Crippen molar-refractivity contribution in [2.45, 2.75) is 38.4 Å². The lowest BCUT2D eigenvalue weighted by atomic mass is 10.1. The zero-order chi connectivity index (χ0) is 15.8. The van der Waals surface area contributed by atoms with Crippen molar-refractivity contribution in [1.82, 2.24) is 20.4 Å². The molecule has 0 aliphatic carbocycles. The zero-order valence-corrected chi connectivity index (χ0v) is 11.5. The number of urea groups is 1. The predicted octanol–water partition coefficient (Wildman–Crippen LogP) is -0.111. The molecule has 0 saturated heterocycles. The highest BCUT2D eigenvalue weighted by Gasteiger charge is 2.21. The maximum absolute atomic E-state index is 11.7. The van der Waals surface area contributed by atoms with E-state index in [2.05, 4.69) is 15.7 Å². The number of carbonyl (C=O) groups is 3. The van der Waals surface area contributed by atoms with Crippen LogP contribution in [0.3, 0.4) is 0 Å². The van der Waals surface area contributed by atoms with Crippen LogP contribution in [0, 0.1) is 0 Å². The number of rotatable bonds is 8. The second-order valence-corrected chi connectivity index (χ2v) is 4.57. The van der Waals surface area contributed by atoms with E-state index in [-0.39, 0.29) is 18.9 Å². The first-order valence-electron chi connectivity index (χ1n) is 6.37. The second kappa shape index (κ2) is 7.88. The molecule has 0 spiro atoms. The van der Waals surface area contributed by atoms with Crippen molar-refractivity contribution in [2.75, 3.05) is 0 Å². The van der Waals surface area contributed by atoms with Crippen LogP contribution >= 0.6 is 0 Å². The van der Waals surface area contributed by atoms with Gasteiger partial charge in [-0.15, -0.1) is 0 Å². The molecule has 2 atom stereocenters. The maximum Gasteiger partial charge on any atom is 0.326 e. The third-order valence-corrected chi connectivity index (χ3v) is 2.65. The van der Waals surface area contributed by atoms with E-state index in [1.54, 1.807) is 30.1 Å². The summed E-state index contributed by atoms with van der Waals surface area (Å²) in [5.41, 5.74) is 0. The highest BCUT2D eigenvalue weighted by molar-refractivity contribution is 5.83. The molecule has 116 valence electrons. The van der Waals surface area contributed by atoms with Crippen LogP contribution in [0.1, 0.15) is 19.8 Å². The Bertz CT molecular complexity index is 488. The summed E-state index contributed by atoms with van der Waals surface area (Å²) >= 11 is 0. The van der Waals surface area contributed by atoms with Gasteiger partial charge in [-0.1, -0.05) is 0 Å². The van der Waals surface area contributed by atoms with Crippen molar-refractivity contribution in [2.24, 2.45) is 0 Å². The number of nitrogens with one attached hydrogen (secondary N) is 2. The van der Waals surface area contributed by atoms with E-state index in [0.29, 0.717) is 6.54 Å². The molecule has 1 rings (SSSR count). The van der Waals surface area contributed by atoms with Crippen LogP contribution in [-0.4, -0.2) is 50.0 Å². The van der Waals surface area contributed by atoms with E-state index in [1.165, 1.54) is 0 Å². The molecular weight excluding hydrogens is 280 g/mol. The molecule has 2 amide bonds. The summed E-state index contributed by atoms with van der Waals surface area (Å²) in [5, 5.41) is 26.3. The van der Waals surface area contributed by atoms with Crippen LogP contribution in [0.5, 0.6) is 0 Å². The van der Waals surface area contributed by atoms with Crippen LogP contribution in [0.25, 0.3) is 0 Å². The van der Waals surface area contributed by atoms with E-state index in [9.17, 15) is 14.4 Å². The molecule has 9 heteroatoms. The van der Waals surface area contributed by atoms with Crippen molar-refractivity contribution in [3.8, 4) is 0 Å². The molecule has 1 aromatic heterocycles. The Labute approximate surface area is 120 Å². The Morgan fingerprint density at radius 2 is 2.00 bits per heavy atom. The van der Waals surface area contributed by atoms with Crippen molar-refractivity contribution < 1.29 is 24.6 Å². The van der Waals surface area contributed by atoms with Gasteiger partial charge in [-0.2, -0.15) is 5.10 Å². The minimum Gasteiger partial charge on any atom is -0.481 e. The first-order chi connectivity index (χ1) is 9.88. The number of aromatic nitrogens is 2. The topological polar surface area (TPSA) is 134 Å². The molecule has 0 bridgehead atoms. The number of aliphatic carboxylic acids is 2. The lowest BCUT2D eigenvalue weighted by molar-refractivity contribution is -0.140. The van der Waals surface area contributed by atoms with E-state index < -0.39 is 24.0 Å². The smallest absolute Gasteiger partial charge is 0.326 e. The van der Waals surface area contributed by atoms with E-state index in [1.807, 2.05) is 0 Å². The molecule has 0 aliphatic rings. The lowest BCUT2D eigenvalue weighted by Gasteiger charge is -2.18. The first kappa shape index (κ1) is 16.5. The molecule has 9 nitrogen and oxygen atoms in total. The van der Waals surface area contributed by atoms with Gasteiger partial charge in [-0.25, -0.2) is 9.59 Å². The molecule has 0 fully saturated rings. The summed E-state index contributed by atoms with van der Waals surface area (Å²) in [6.45, 7) is 2.18. The van der Waals surface area contributed by atoms with Gasteiger partial charge >= 0.3 is 18.0 Å². The normalized spacial score (nSPS) is 13.2. The van der Waals surface area contributed by atoms with Crippen LogP contribution in [-0.2, 0) is 16.1 Å². The fourth-order valence-electron chi connectivity index (χ4n) is 1.68. The van der Waals surface area contributed by atoms with Gasteiger partial charge in [0.1, 0.15) is 6.04 Å². The van der Waals surface area contributed by atoms with Crippen molar-refractivity contribution >= 4 is 18.0 Å². The summed E-state index contributed by atoms with van der Waals surface area (Å²) < 4.78 is 1.63. The molecule has 0 saturated carbocycles. The average Bonchev–Trinajstić information content (AvgIpc) is 2.86. The Hall–Kier alpha value is -2.58. The largest absolute Gasteiger partial charge is 0.481 e. The average molecular weight is 298 g/mol. The number of amides is 2.